The highest BCUT2D eigenvalue weighted by atomic mass is 32.1. The van der Waals surface area contributed by atoms with Gasteiger partial charge in [-0.3, -0.25) is 10.1 Å². The molecule has 146 valence electrons. The summed E-state index contributed by atoms with van der Waals surface area (Å²) in [6, 6.07) is 7.58. The number of thiazole rings is 1. The molecule has 0 saturated heterocycles. The molecular weight excluding hydrogens is 370 g/mol. The molecule has 3 aromatic rings. The largest absolute Gasteiger partial charge is 0.298 e. The zero-order chi connectivity index (χ0) is 19.7. The van der Waals surface area contributed by atoms with Crippen molar-refractivity contribution in [2.45, 2.75) is 46.6 Å². The van der Waals surface area contributed by atoms with Crippen molar-refractivity contribution in [2.75, 3.05) is 5.32 Å². The molecule has 6 nitrogen and oxygen atoms in total. The summed E-state index contributed by atoms with van der Waals surface area (Å²) in [4.78, 5) is 22.9. The molecule has 2 heterocycles. The molecule has 7 heteroatoms. The second kappa shape index (κ2) is 7.47. The van der Waals surface area contributed by atoms with Gasteiger partial charge in [0, 0.05) is 10.4 Å². The third kappa shape index (κ3) is 3.99. The minimum absolute atomic E-state index is 0.130. The Morgan fingerprint density at radius 1 is 1.32 bits per heavy atom. The topological polar surface area (TPSA) is 72.7 Å². The maximum Gasteiger partial charge on any atom is 0.257 e. The van der Waals surface area contributed by atoms with Crippen molar-refractivity contribution >= 4 is 22.4 Å². The van der Waals surface area contributed by atoms with E-state index in [4.69, 9.17) is 4.98 Å². The number of carbonyl (C=O) groups excluding carboxylic acids is 1. The average Bonchev–Trinajstić information content (AvgIpc) is 3.29. The fraction of sp³-hybridized carbons (Fsp3) is 0.429. The van der Waals surface area contributed by atoms with Crippen LogP contribution in [0.1, 0.15) is 53.7 Å². The van der Waals surface area contributed by atoms with Crippen LogP contribution in [0.2, 0.25) is 0 Å². The Bertz CT molecular complexity index is 971. The summed E-state index contributed by atoms with van der Waals surface area (Å²) >= 11 is 1.62. The van der Waals surface area contributed by atoms with Crippen molar-refractivity contribution in [3.8, 4) is 0 Å². The fourth-order valence-corrected chi connectivity index (χ4v) is 4.78. The maximum atomic E-state index is 12.9. The molecule has 0 bridgehead atoms. The van der Waals surface area contributed by atoms with Crippen molar-refractivity contribution in [1.29, 1.82) is 0 Å². The first-order chi connectivity index (χ1) is 13.4. The first kappa shape index (κ1) is 18.8. The molecule has 1 aromatic carbocycles. The summed E-state index contributed by atoms with van der Waals surface area (Å²) in [5.41, 5.74) is 2.99. The van der Waals surface area contributed by atoms with Crippen LogP contribution in [0.4, 0.5) is 5.13 Å². The normalized spacial score (nSPS) is 16.6. The lowest BCUT2D eigenvalue weighted by atomic mass is 9.73. The number of rotatable bonds is 4. The molecule has 1 N–H and O–H groups in total. The Kier molecular flexibility index (Phi) is 5.02. The van der Waals surface area contributed by atoms with E-state index < -0.39 is 0 Å². The number of anilines is 1. The number of nitrogens with one attached hydrogen (secondary N) is 1. The Morgan fingerprint density at radius 3 is 2.89 bits per heavy atom. The third-order valence-corrected chi connectivity index (χ3v) is 6.48. The monoisotopic (exact) mass is 395 g/mol. The molecule has 0 saturated carbocycles. The van der Waals surface area contributed by atoms with E-state index in [1.807, 2.05) is 24.3 Å². The number of aryl methyl sites for hydroxylation is 1. The van der Waals surface area contributed by atoms with E-state index in [9.17, 15) is 4.79 Å². The van der Waals surface area contributed by atoms with E-state index >= 15 is 0 Å². The summed E-state index contributed by atoms with van der Waals surface area (Å²) in [7, 11) is 0. The van der Waals surface area contributed by atoms with Gasteiger partial charge in [0.2, 0.25) is 0 Å². The SMILES string of the molecule is CC(C)(C)[C@@H]1CCc2nc(NC(=O)c3ccccc3Cn3cncn3)sc2C1. The van der Waals surface area contributed by atoms with Crippen LogP contribution in [0, 0.1) is 11.3 Å². The lowest BCUT2D eigenvalue weighted by molar-refractivity contribution is 0.102. The first-order valence-electron chi connectivity index (χ1n) is 9.60. The standard InChI is InChI=1S/C21H25N5OS/c1-21(2,3)15-8-9-17-18(10-15)28-20(24-17)25-19(27)16-7-5-4-6-14(16)11-26-13-22-12-23-26/h4-7,12-13,15H,8-11H2,1-3H3,(H,24,25,27)/t15-/m1/s1. The predicted molar refractivity (Wildman–Crippen MR) is 111 cm³/mol. The quantitative estimate of drug-likeness (QED) is 0.719. The summed E-state index contributed by atoms with van der Waals surface area (Å²) in [5, 5.41) is 7.84. The summed E-state index contributed by atoms with van der Waals surface area (Å²) in [6.45, 7) is 7.42. The van der Waals surface area contributed by atoms with E-state index in [1.54, 1.807) is 22.3 Å². The predicted octanol–water partition coefficient (Wildman–Crippen LogP) is 4.19. The van der Waals surface area contributed by atoms with Crippen LogP contribution in [0.15, 0.2) is 36.9 Å². The number of hydrogen-bond acceptors (Lipinski definition) is 5. The Labute approximate surface area is 169 Å². The number of hydrogen-bond donors (Lipinski definition) is 1. The molecule has 0 aliphatic heterocycles. The van der Waals surface area contributed by atoms with E-state index in [0.717, 1.165) is 30.5 Å². The molecule has 0 fully saturated rings. The number of amides is 1. The zero-order valence-electron chi connectivity index (χ0n) is 16.5. The highest BCUT2D eigenvalue weighted by Gasteiger charge is 2.31. The van der Waals surface area contributed by atoms with Gasteiger partial charge in [-0.2, -0.15) is 5.10 Å². The third-order valence-electron chi connectivity index (χ3n) is 5.45. The van der Waals surface area contributed by atoms with Crippen LogP contribution in [0.25, 0.3) is 0 Å². The van der Waals surface area contributed by atoms with Gasteiger partial charge in [0.25, 0.3) is 5.91 Å². The minimum atomic E-state index is -0.130. The first-order valence-corrected chi connectivity index (χ1v) is 10.4. The fourth-order valence-electron chi connectivity index (χ4n) is 3.70. The van der Waals surface area contributed by atoms with Crippen molar-refractivity contribution in [3.05, 3.63) is 58.6 Å². The van der Waals surface area contributed by atoms with Crippen LogP contribution in [0.3, 0.4) is 0 Å². The molecule has 28 heavy (non-hydrogen) atoms. The molecule has 4 rings (SSSR count). The highest BCUT2D eigenvalue weighted by molar-refractivity contribution is 7.15. The number of nitrogens with zero attached hydrogens (tertiary/aromatic N) is 4. The van der Waals surface area contributed by atoms with Gasteiger partial charge in [0.1, 0.15) is 12.7 Å². The molecule has 0 spiro atoms. The highest BCUT2D eigenvalue weighted by Crippen LogP contribution is 2.40. The maximum absolute atomic E-state index is 12.9. The second-order valence-corrected chi connectivity index (χ2v) is 9.48. The second-order valence-electron chi connectivity index (χ2n) is 8.40. The van der Waals surface area contributed by atoms with E-state index in [2.05, 4.69) is 36.2 Å². The molecule has 1 aliphatic carbocycles. The van der Waals surface area contributed by atoms with Gasteiger partial charge in [-0.25, -0.2) is 14.6 Å². The Morgan fingerprint density at radius 2 is 2.14 bits per heavy atom. The van der Waals surface area contributed by atoms with Gasteiger partial charge in [0.15, 0.2) is 5.13 Å². The van der Waals surface area contributed by atoms with Crippen molar-refractivity contribution in [1.82, 2.24) is 19.7 Å². The zero-order valence-corrected chi connectivity index (χ0v) is 17.3. The molecule has 1 aliphatic rings. The lowest BCUT2D eigenvalue weighted by Crippen LogP contribution is -2.26. The van der Waals surface area contributed by atoms with Crippen molar-refractivity contribution in [2.24, 2.45) is 11.3 Å². The van der Waals surface area contributed by atoms with Crippen LogP contribution in [0.5, 0.6) is 0 Å². The van der Waals surface area contributed by atoms with E-state index in [-0.39, 0.29) is 5.91 Å². The van der Waals surface area contributed by atoms with Gasteiger partial charge in [-0.15, -0.1) is 11.3 Å². The number of benzene rings is 1. The van der Waals surface area contributed by atoms with Crippen molar-refractivity contribution in [3.63, 3.8) is 0 Å². The summed E-state index contributed by atoms with van der Waals surface area (Å²) < 4.78 is 1.71. The molecule has 0 radical (unpaired) electrons. The minimum Gasteiger partial charge on any atom is -0.298 e. The number of aromatic nitrogens is 4. The van der Waals surface area contributed by atoms with Crippen molar-refractivity contribution < 1.29 is 4.79 Å². The Hall–Kier alpha value is -2.54. The lowest BCUT2D eigenvalue weighted by Gasteiger charge is -2.33. The van der Waals surface area contributed by atoms with Crippen LogP contribution < -0.4 is 5.32 Å². The molecule has 0 unspecified atom stereocenters. The smallest absolute Gasteiger partial charge is 0.257 e. The molecule has 1 atom stereocenters. The van der Waals surface area contributed by atoms with Crippen LogP contribution >= 0.6 is 11.3 Å². The molecular formula is C21H25N5OS. The van der Waals surface area contributed by atoms with E-state index in [0.29, 0.717) is 28.6 Å². The number of fused-ring (bicyclic) bond motifs is 1. The molecule has 2 aromatic heterocycles. The number of carbonyl (C=O) groups is 1. The van der Waals surface area contributed by atoms with Gasteiger partial charge in [0.05, 0.1) is 12.2 Å². The van der Waals surface area contributed by atoms with Gasteiger partial charge < -0.3 is 0 Å². The Balaban J connectivity index is 1.50. The van der Waals surface area contributed by atoms with Gasteiger partial charge in [-0.1, -0.05) is 39.0 Å². The average molecular weight is 396 g/mol. The van der Waals surface area contributed by atoms with Gasteiger partial charge >= 0.3 is 0 Å². The summed E-state index contributed by atoms with van der Waals surface area (Å²) in [5.74, 6) is 0.529. The van der Waals surface area contributed by atoms with Crippen LogP contribution in [-0.4, -0.2) is 25.7 Å². The van der Waals surface area contributed by atoms with Crippen LogP contribution in [-0.2, 0) is 19.4 Å². The summed E-state index contributed by atoms with van der Waals surface area (Å²) in [6.07, 6.45) is 6.35. The van der Waals surface area contributed by atoms with E-state index in [1.165, 1.54) is 11.2 Å². The van der Waals surface area contributed by atoms with Gasteiger partial charge in [-0.05, 0) is 42.2 Å². The molecule has 1 amide bonds.